The predicted octanol–water partition coefficient (Wildman–Crippen LogP) is 4.79. The lowest BCUT2D eigenvalue weighted by Crippen LogP contribution is -2.13. The molecule has 3 rings (SSSR count). The van der Waals surface area contributed by atoms with Crippen LogP contribution in [0.4, 0.5) is 0 Å². The van der Waals surface area contributed by atoms with Gasteiger partial charge in [0.1, 0.15) is 12.4 Å². The zero-order valence-electron chi connectivity index (χ0n) is 17.3. The van der Waals surface area contributed by atoms with E-state index in [1.165, 1.54) is 16.7 Å². The standard InChI is InChI=1S/C23H28N2O3/c1-15-6-8-20(16(2)10-15)13-24-12-19-7-9-22(23(11-19)26-5)27-14-21-17(3)25-28-18(21)4/h6-11,24H,12-14H2,1-5H3. The van der Waals surface area contributed by atoms with Crippen LogP contribution >= 0.6 is 0 Å². The highest BCUT2D eigenvalue weighted by Gasteiger charge is 2.12. The fourth-order valence-corrected chi connectivity index (χ4v) is 3.18. The first-order valence-corrected chi connectivity index (χ1v) is 9.46. The number of nitrogens with zero attached hydrogens (tertiary/aromatic N) is 1. The van der Waals surface area contributed by atoms with Crippen LogP contribution in [0.2, 0.25) is 0 Å². The van der Waals surface area contributed by atoms with Crippen LogP contribution in [0.15, 0.2) is 40.9 Å². The highest BCUT2D eigenvalue weighted by molar-refractivity contribution is 5.43. The fourth-order valence-electron chi connectivity index (χ4n) is 3.18. The van der Waals surface area contributed by atoms with Gasteiger partial charge in [0.15, 0.2) is 11.5 Å². The second-order valence-electron chi connectivity index (χ2n) is 7.11. The van der Waals surface area contributed by atoms with Crippen LogP contribution in [-0.2, 0) is 19.7 Å². The zero-order chi connectivity index (χ0) is 20.1. The third kappa shape index (κ3) is 4.73. The molecule has 0 aliphatic rings. The summed E-state index contributed by atoms with van der Waals surface area (Å²) in [5.74, 6) is 2.21. The minimum Gasteiger partial charge on any atom is -0.493 e. The van der Waals surface area contributed by atoms with Gasteiger partial charge < -0.3 is 19.3 Å². The van der Waals surface area contributed by atoms with Gasteiger partial charge in [-0.3, -0.25) is 0 Å². The van der Waals surface area contributed by atoms with Crippen LogP contribution in [0, 0.1) is 27.7 Å². The molecule has 5 nitrogen and oxygen atoms in total. The molecule has 28 heavy (non-hydrogen) atoms. The van der Waals surface area contributed by atoms with Crippen molar-refractivity contribution in [2.75, 3.05) is 7.11 Å². The molecule has 0 radical (unpaired) electrons. The molecule has 0 amide bonds. The van der Waals surface area contributed by atoms with Crippen molar-refractivity contribution >= 4 is 0 Å². The van der Waals surface area contributed by atoms with E-state index in [9.17, 15) is 0 Å². The molecule has 2 aromatic carbocycles. The number of methoxy groups -OCH3 is 1. The molecule has 0 spiro atoms. The molecule has 0 bridgehead atoms. The predicted molar refractivity (Wildman–Crippen MR) is 110 cm³/mol. The van der Waals surface area contributed by atoms with Gasteiger partial charge in [0, 0.05) is 13.1 Å². The van der Waals surface area contributed by atoms with Gasteiger partial charge in [-0.25, -0.2) is 0 Å². The number of ether oxygens (including phenoxy) is 2. The molecule has 0 saturated heterocycles. The molecule has 5 heteroatoms. The SMILES string of the molecule is COc1cc(CNCc2ccc(C)cc2C)ccc1OCc1c(C)noc1C. The fraction of sp³-hybridized carbons (Fsp3) is 0.348. The zero-order valence-corrected chi connectivity index (χ0v) is 17.3. The Morgan fingerprint density at radius 1 is 0.964 bits per heavy atom. The molecule has 1 heterocycles. The van der Waals surface area contributed by atoms with Crippen molar-refractivity contribution in [3.05, 3.63) is 75.7 Å². The number of aromatic nitrogens is 1. The molecular formula is C23H28N2O3. The molecule has 148 valence electrons. The first-order valence-electron chi connectivity index (χ1n) is 9.46. The Morgan fingerprint density at radius 2 is 1.79 bits per heavy atom. The monoisotopic (exact) mass is 380 g/mol. The summed E-state index contributed by atoms with van der Waals surface area (Å²) in [6, 6.07) is 12.6. The Labute approximate surface area is 166 Å². The summed E-state index contributed by atoms with van der Waals surface area (Å²) < 4.78 is 16.7. The third-order valence-electron chi connectivity index (χ3n) is 4.92. The van der Waals surface area contributed by atoms with E-state index in [-0.39, 0.29) is 0 Å². The van der Waals surface area contributed by atoms with Crippen molar-refractivity contribution in [3.8, 4) is 11.5 Å². The van der Waals surface area contributed by atoms with Crippen LogP contribution in [0.25, 0.3) is 0 Å². The maximum absolute atomic E-state index is 5.94. The van der Waals surface area contributed by atoms with E-state index in [1.807, 2.05) is 26.0 Å². The van der Waals surface area contributed by atoms with Crippen molar-refractivity contribution in [2.24, 2.45) is 0 Å². The summed E-state index contributed by atoms with van der Waals surface area (Å²) >= 11 is 0. The van der Waals surface area contributed by atoms with Gasteiger partial charge in [-0.15, -0.1) is 0 Å². The Balaban J connectivity index is 1.61. The van der Waals surface area contributed by atoms with Crippen LogP contribution in [0.5, 0.6) is 11.5 Å². The highest BCUT2D eigenvalue weighted by Crippen LogP contribution is 2.29. The van der Waals surface area contributed by atoms with E-state index >= 15 is 0 Å². The lowest BCUT2D eigenvalue weighted by molar-refractivity contribution is 0.281. The van der Waals surface area contributed by atoms with Crippen LogP contribution in [0.3, 0.4) is 0 Å². The summed E-state index contributed by atoms with van der Waals surface area (Å²) in [7, 11) is 1.66. The minimum absolute atomic E-state index is 0.405. The van der Waals surface area contributed by atoms with Gasteiger partial charge in [0.05, 0.1) is 18.4 Å². The number of rotatable bonds is 8. The van der Waals surface area contributed by atoms with E-state index in [1.54, 1.807) is 7.11 Å². The number of benzene rings is 2. The minimum atomic E-state index is 0.405. The lowest BCUT2D eigenvalue weighted by atomic mass is 10.1. The van der Waals surface area contributed by atoms with Gasteiger partial charge in [-0.1, -0.05) is 35.0 Å². The van der Waals surface area contributed by atoms with E-state index in [4.69, 9.17) is 14.0 Å². The van der Waals surface area contributed by atoms with E-state index in [0.717, 1.165) is 41.4 Å². The van der Waals surface area contributed by atoms with Crippen molar-refractivity contribution in [1.82, 2.24) is 10.5 Å². The highest BCUT2D eigenvalue weighted by atomic mass is 16.5. The molecule has 0 fully saturated rings. The average Bonchev–Trinajstić information content (AvgIpc) is 3.00. The summed E-state index contributed by atoms with van der Waals surface area (Å²) in [6.07, 6.45) is 0. The molecular weight excluding hydrogens is 352 g/mol. The molecule has 0 atom stereocenters. The number of hydrogen-bond acceptors (Lipinski definition) is 5. The lowest BCUT2D eigenvalue weighted by Gasteiger charge is -2.13. The molecule has 3 aromatic rings. The first-order chi connectivity index (χ1) is 13.5. The smallest absolute Gasteiger partial charge is 0.161 e. The summed E-state index contributed by atoms with van der Waals surface area (Å²) in [4.78, 5) is 0. The quantitative estimate of drug-likeness (QED) is 0.609. The van der Waals surface area contributed by atoms with Gasteiger partial charge in [0.25, 0.3) is 0 Å². The van der Waals surface area contributed by atoms with Crippen LogP contribution < -0.4 is 14.8 Å². The van der Waals surface area contributed by atoms with Crippen molar-refractivity contribution in [1.29, 1.82) is 0 Å². The Morgan fingerprint density at radius 3 is 2.46 bits per heavy atom. The van der Waals surface area contributed by atoms with Crippen molar-refractivity contribution in [2.45, 2.75) is 47.4 Å². The average molecular weight is 380 g/mol. The number of aryl methyl sites for hydroxylation is 4. The molecule has 0 aliphatic heterocycles. The second kappa shape index (κ2) is 8.93. The van der Waals surface area contributed by atoms with Gasteiger partial charge >= 0.3 is 0 Å². The van der Waals surface area contributed by atoms with Gasteiger partial charge in [0.2, 0.25) is 0 Å². The van der Waals surface area contributed by atoms with Gasteiger partial charge in [-0.05, 0) is 56.5 Å². The van der Waals surface area contributed by atoms with Crippen LogP contribution in [0.1, 0.15) is 39.3 Å². The number of hydrogen-bond donors (Lipinski definition) is 1. The second-order valence-corrected chi connectivity index (χ2v) is 7.11. The van der Waals surface area contributed by atoms with Crippen molar-refractivity contribution in [3.63, 3.8) is 0 Å². The van der Waals surface area contributed by atoms with Crippen molar-refractivity contribution < 1.29 is 14.0 Å². The molecule has 0 unspecified atom stereocenters. The van der Waals surface area contributed by atoms with Gasteiger partial charge in [-0.2, -0.15) is 0 Å². The number of nitrogens with one attached hydrogen (secondary N) is 1. The van der Waals surface area contributed by atoms with E-state index < -0.39 is 0 Å². The molecule has 1 N–H and O–H groups in total. The Kier molecular flexibility index (Phi) is 6.37. The summed E-state index contributed by atoms with van der Waals surface area (Å²) in [5.41, 5.74) is 6.89. The largest absolute Gasteiger partial charge is 0.493 e. The summed E-state index contributed by atoms with van der Waals surface area (Å²) in [5, 5.41) is 7.46. The van der Waals surface area contributed by atoms with Crippen LogP contribution in [-0.4, -0.2) is 12.3 Å². The van der Waals surface area contributed by atoms with E-state index in [0.29, 0.717) is 12.4 Å². The summed E-state index contributed by atoms with van der Waals surface area (Å²) in [6.45, 7) is 10.1. The first kappa shape index (κ1) is 20.0. The molecule has 0 saturated carbocycles. The third-order valence-corrected chi connectivity index (χ3v) is 4.92. The normalized spacial score (nSPS) is 10.9. The maximum Gasteiger partial charge on any atom is 0.161 e. The van der Waals surface area contributed by atoms with E-state index in [2.05, 4.69) is 48.6 Å². The molecule has 0 aliphatic carbocycles. The Bertz CT molecular complexity index is 928. The topological polar surface area (TPSA) is 56.5 Å². The molecule has 1 aromatic heterocycles. The maximum atomic E-state index is 5.94. The Hall–Kier alpha value is -2.79.